The molecule has 1 heterocycles. The van der Waals surface area contributed by atoms with E-state index in [0.29, 0.717) is 19.4 Å². The maximum absolute atomic E-state index is 13.0. The molecule has 1 rings (SSSR count). The van der Waals surface area contributed by atoms with Crippen molar-refractivity contribution in [1.29, 1.82) is 0 Å². The zero-order valence-electron chi connectivity index (χ0n) is 46.4. The van der Waals surface area contributed by atoms with E-state index in [9.17, 15) is 35.1 Å². The number of allylic oxidation sites excluding steroid dienone is 5. The van der Waals surface area contributed by atoms with Crippen LogP contribution in [0.3, 0.4) is 0 Å². The second kappa shape index (κ2) is 51.0. The second-order valence-corrected chi connectivity index (χ2v) is 21.0. The molecule has 0 bridgehead atoms. The summed E-state index contributed by atoms with van der Waals surface area (Å²) in [6.07, 6.45) is 52.5. The highest BCUT2D eigenvalue weighted by atomic mass is 16.7. The molecule has 11 nitrogen and oxygen atoms in total. The SMILES string of the molecule is CCCCCCC/C=C\CCCCCCCC(=O)OCCCCCCCCCCCC/C=C\CCCCCCCCCC(=O)NC(COC1OC(CO)C(O)C(O)C1O)C(O)/C=C/CCCCCCCCC. The van der Waals surface area contributed by atoms with Crippen LogP contribution in [0.15, 0.2) is 36.5 Å². The van der Waals surface area contributed by atoms with Gasteiger partial charge < -0.3 is 45.1 Å². The Bertz CT molecular complexity index is 1290. The minimum atomic E-state index is -1.57. The van der Waals surface area contributed by atoms with Crippen molar-refractivity contribution in [3.05, 3.63) is 36.5 Å². The summed E-state index contributed by atoms with van der Waals surface area (Å²) in [5.74, 6) is -0.206. The van der Waals surface area contributed by atoms with Crippen molar-refractivity contribution < 1.29 is 49.3 Å². The number of esters is 1. The number of aliphatic hydroxyl groups excluding tert-OH is 5. The highest BCUT2D eigenvalue weighted by molar-refractivity contribution is 5.76. The minimum absolute atomic E-state index is 0.0138. The highest BCUT2D eigenvalue weighted by Crippen LogP contribution is 2.23. The lowest BCUT2D eigenvalue weighted by molar-refractivity contribution is -0.302. The van der Waals surface area contributed by atoms with E-state index in [1.807, 2.05) is 6.08 Å². The van der Waals surface area contributed by atoms with Crippen molar-refractivity contribution in [3.63, 3.8) is 0 Å². The lowest BCUT2D eigenvalue weighted by atomic mass is 9.99. The molecular formula is C61H113NO10. The third kappa shape index (κ3) is 40.2. The van der Waals surface area contributed by atoms with Crippen LogP contribution in [0, 0.1) is 0 Å². The largest absolute Gasteiger partial charge is 0.466 e. The van der Waals surface area contributed by atoms with Gasteiger partial charge in [0.1, 0.15) is 24.4 Å². The summed E-state index contributed by atoms with van der Waals surface area (Å²) in [4.78, 5) is 25.0. The van der Waals surface area contributed by atoms with Crippen LogP contribution < -0.4 is 5.32 Å². The Hall–Kier alpha value is -2.12. The highest BCUT2D eigenvalue weighted by Gasteiger charge is 2.44. The smallest absolute Gasteiger partial charge is 0.305 e. The van der Waals surface area contributed by atoms with Gasteiger partial charge in [0.05, 0.1) is 32.0 Å². The normalized spacial score (nSPS) is 19.2. The van der Waals surface area contributed by atoms with E-state index in [4.69, 9.17) is 14.2 Å². The summed E-state index contributed by atoms with van der Waals surface area (Å²) in [6, 6.07) is -0.814. The molecule has 1 fully saturated rings. The molecule has 6 N–H and O–H groups in total. The lowest BCUT2D eigenvalue weighted by Gasteiger charge is -2.40. The first-order valence-corrected chi connectivity index (χ1v) is 30.3. The van der Waals surface area contributed by atoms with Crippen LogP contribution in [0.1, 0.15) is 277 Å². The Morgan fingerprint density at radius 1 is 0.500 bits per heavy atom. The predicted octanol–water partition coefficient (Wildman–Crippen LogP) is 13.9. The van der Waals surface area contributed by atoms with E-state index in [-0.39, 0.29) is 18.5 Å². The fraction of sp³-hybridized carbons (Fsp3) is 0.869. The summed E-state index contributed by atoms with van der Waals surface area (Å²) < 4.78 is 16.7. The molecule has 0 spiro atoms. The van der Waals surface area contributed by atoms with Gasteiger partial charge in [-0.3, -0.25) is 9.59 Å². The lowest BCUT2D eigenvalue weighted by Crippen LogP contribution is -2.60. The maximum atomic E-state index is 13.0. The topological polar surface area (TPSA) is 175 Å². The number of ether oxygens (including phenoxy) is 3. The van der Waals surface area contributed by atoms with Crippen LogP contribution in [0.4, 0.5) is 0 Å². The molecule has 1 saturated heterocycles. The van der Waals surface area contributed by atoms with Crippen molar-refractivity contribution in [2.45, 2.75) is 320 Å². The predicted molar refractivity (Wildman–Crippen MR) is 297 cm³/mol. The Kier molecular flexibility index (Phi) is 48.1. The number of unbranched alkanes of at least 4 members (excludes halogenated alkanes) is 34. The number of carbonyl (C=O) groups is 2. The molecule has 7 atom stereocenters. The Morgan fingerprint density at radius 3 is 1.33 bits per heavy atom. The van der Waals surface area contributed by atoms with E-state index in [1.54, 1.807) is 6.08 Å². The number of nitrogens with one attached hydrogen (secondary N) is 1. The molecule has 0 saturated carbocycles. The van der Waals surface area contributed by atoms with E-state index in [2.05, 4.69) is 43.5 Å². The average Bonchev–Trinajstić information content (AvgIpc) is 3.38. The van der Waals surface area contributed by atoms with Gasteiger partial charge >= 0.3 is 5.97 Å². The molecule has 0 aliphatic carbocycles. The van der Waals surface area contributed by atoms with Crippen molar-refractivity contribution >= 4 is 11.9 Å². The van der Waals surface area contributed by atoms with Crippen LogP contribution in [-0.2, 0) is 23.8 Å². The number of carbonyl (C=O) groups excluding carboxylic acids is 2. The van der Waals surface area contributed by atoms with Crippen molar-refractivity contribution in [2.75, 3.05) is 19.8 Å². The summed E-state index contributed by atoms with van der Waals surface area (Å²) in [5.41, 5.74) is 0. The molecule has 0 aromatic heterocycles. The van der Waals surface area contributed by atoms with Crippen LogP contribution >= 0.6 is 0 Å². The van der Waals surface area contributed by atoms with Gasteiger partial charge in [0.15, 0.2) is 6.29 Å². The van der Waals surface area contributed by atoms with Gasteiger partial charge in [0.2, 0.25) is 5.91 Å². The van der Waals surface area contributed by atoms with Gasteiger partial charge in [-0.1, -0.05) is 217 Å². The van der Waals surface area contributed by atoms with Gasteiger partial charge in [-0.05, 0) is 83.5 Å². The zero-order chi connectivity index (χ0) is 52.4. The van der Waals surface area contributed by atoms with Gasteiger partial charge in [-0.25, -0.2) is 0 Å². The molecule has 422 valence electrons. The molecule has 1 aliphatic heterocycles. The Morgan fingerprint density at radius 2 is 0.889 bits per heavy atom. The van der Waals surface area contributed by atoms with Crippen LogP contribution in [0.2, 0.25) is 0 Å². The van der Waals surface area contributed by atoms with E-state index in [1.165, 1.54) is 173 Å². The zero-order valence-corrected chi connectivity index (χ0v) is 46.4. The summed E-state index contributed by atoms with van der Waals surface area (Å²) in [5, 5.41) is 54.2. The number of amides is 1. The number of hydrogen-bond acceptors (Lipinski definition) is 10. The first kappa shape index (κ1) is 67.9. The molecule has 0 aromatic rings. The number of hydrogen-bond donors (Lipinski definition) is 6. The van der Waals surface area contributed by atoms with Crippen molar-refractivity contribution in [1.82, 2.24) is 5.32 Å². The van der Waals surface area contributed by atoms with E-state index < -0.39 is 49.5 Å². The van der Waals surface area contributed by atoms with Gasteiger partial charge in [0, 0.05) is 12.8 Å². The summed E-state index contributed by atoms with van der Waals surface area (Å²) in [7, 11) is 0. The quantitative estimate of drug-likeness (QED) is 0.0195. The first-order valence-electron chi connectivity index (χ1n) is 30.3. The summed E-state index contributed by atoms with van der Waals surface area (Å²) >= 11 is 0. The van der Waals surface area contributed by atoms with Crippen molar-refractivity contribution in [3.8, 4) is 0 Å². The summed E-state index contributed by atoms with van der Waals surface area (Å²) in [6.45, 7) is 4.29. The molecule has 7 unspecified atom stereocenters. The van der Waals surface area contributed by atoms with Crippen molar-refractivity contribution in [2.24, 2.45) is 0 Å². The molecular weight excluding hydrogens is 907 g/mol. The Balaban J connectivity index is 2.02. The van der Waals surface area contributed by atoms with Crippen LogP contribution in [0.5, 0.6) is 0 Å². The minimum Gasteiger partial charge on any atom is -0.466 e. The molecule has 11 heteroatoms. The van der Waals surface area contributed by atoms with E-state index in [0.717, 1.165) is 77.0 Å². The van der Waals surface area contributed by atoms with Gasteiger partial charge in [-0.2, -0.15) is 0 Å². The number of rotatable bonds is 52. The second-order valence-electron chi connectivity index (χ2n) is 21.0. The number of aliphatic hydroxyl groups is 5. The Labute approximate surface area is 441 Å². The van der Waals surface area contributed by atoms with Gasteiger partial charge in [0.25, 0.3) is 0 Å². The monoisotopic (exact) mass is 1020 g/mol. The molecule has 0 radical (unpaired) electrons. The average molecular weight is 1020 g/mol. The van der Waals surface area contributed by atoms with Gasteiger partial charge in [-0.15, -0.1) is 0 Å². The van der Waals surface area contributed by atoms with Crippen LogP contribution in [0.25, 0.3) is 0 Å². The third-order valence-corrected chi connectivity index (χ3v) is 14.2. The first-order chi connectivity index (χ1) is 35.2. The standard InChI is InChI=1S/C61H113NO10/c1-3-5-7-9-11-13-14-15-26-29-33-37-41-45-49-57(66)70-50-46-42-38-34-30-27-24-22-20-18-16-17-19-21-23-25-28-32-36-40-44-48-56(65)62-53(54(64)47-43-39-35-31-12-10-8-6-4-2)52-71-61-60(69)59(68)58(67)55(51-63)72-61/h14-15,17,19,43,47,53-55,58-61,63-64,67-69H,3-13,16,18,20-42,44-46,48-52H2,1-2H3,(H,62,65)/b15-14-,19-17-,47-43+. The molecule has 0 aromatic carbocycles. The van der Waals surface area contributed by atoms with E-state index >= 15 is 0 Å². The molecule has 72 heavy (non-hydrogen) atoms. The molecule has 1 amide bonds. The molecule has 1 aliphatic rings. The maximum Gasteiger partial charge on any atom is 0.305 e. The fourth-order valence-corrected chi connectivity index (χ4v) is 9.36. The fourth-order valence-electron chi connectivity index (χ4n) is 9.36. The van der Waals surface area contributed by atoms with Crippen LogP contribution in [-0.4, -0.2) is 100 Å². The third-order valence-electron chi connectivity index (χ3n) is 14.2.